The van der Waals surface area contributed by atoms with Crippen LogP contribution < -0.4 is 0 Å². The van der Waals surface area contributed by atoms with Gasteiger partial charge in [-0.2, -0.15) is 0 Å². The highest BCUT2D eigenvalue weighted by Gasteiger charge is 2.22. The predicted molar refractivity (Wildman–Crippen MR) is 80.7 cm³/mol. The second-order valence-corrected chi connectivity index (χ2v) is 6.03. The van der Waals surface area contributed by atoms with Crippen molar-refractivity contribution in [3.05, 3.63) is 21.9 Å². The molecule has 0 bridgehead atoms. The van der Waals surface area contributed by atoms with Gasteiger partial charge in [-0.3, -0.25) is 0 Å². The molecule has 1 fully saturated rings. The largest absolute Gasteiger partial charge is 0.395 e. The summed E-state index contributed by atoms with van der Waals surface area (Å²) < 4.78 is 11.4. The number of rotatable bonds is 5. The van der Waals surface area contributed by atoms with Crippen molar-refractivity contribution in [2.24, 2.45) is 0 Å². The van der Waals surface area contributed by atoms with Gasteiger partial charge in [-0.05, 0) is 31.7 Å². The van der Waals surface area contributed by atoms with E-state index in [1.54, 1.807) is 18.4 Å². The molecular weight excluding hydrogens is 272 g/mol. The number of methoxy groups -OCH3 is 1. The maximum absolute atomic E-state index is 8.69. The third kappa shape index (κ3) is 4.92. The number of thiophene rings is 1. The van der Waals surface area contributed by atoms with E-state index < -0.39 is 0 Å². The lowest BCUT2D eigenvalue weighted by Gasteiger charge is -2.28. The molecule has 2 unspecified atom stereocenters. The van der Waals surface area contributed by atoms with E-state index >= 15 is 0 Å². The van der Waals surface area contributed by atoms with Crippen LogP contribution in [0.3, 0.4) is 0 Å². The second-order valence-electron chi connectivity index (χ2n) is 5.03. The van der Waals surface area contributed by atoms with E-state index in [-0.39, 0.29) is 6.61 Å². The Labute approximate surface area is 124 Å². The topological polar surface area (TPSA) is 38.7 Å². The SMILES string of the molecule is COC1CCCC(OCc2cc(C#CCCO)cs2)C1. The summed E-state index contributed by atoms with van der Waals surface area (Å²) in [7, 11) is 1.78. The average molecular weight is 294 g/mol. The van der Waals surface area contributed by atoms with Gasteiger partial charge < -0.3 is 14.6 Å². The van der Waals surface area contributed by atoms with Gasteiger partial charge in [0.15, 0.2) is 0 Å². The average Bonchev–Trinajstić information content (AvgIpc) is 2.94. The van der Waals surface area contributed by atoms with Gasteiger partial charge in [0.1, 0.15) is 0 Å². The molecule has 110 valence electrons. The highest BCUT2D eigenvalue weighted by atomic mass is 32.1. The van der Waals surface area contributed by atoms with Gasteiger partial charge in [-0.15, -0.1) is 11.3 Å². The molecule has 0 aliphatic heterocycles. The van der Waals surface area contributed by atoms with E-state index in [0.717, 1.165) is 24.8 Å². The van der Waals surface area contributed by atoms with Crippen LogP contribution in [0.2, 0.25) is 0 Å². The normalized spacial score (nSPS) is 22.3. The molecule has 20 heavy (non-hydrogen) atoms. The van der Waals surface area contributed by atoms with E-state index in [1.165, 1.54) is 11.3 Å². The van der Waals surface area contributed by atoms with Crippen molar-refractivity contribution in [1.82, 2.24) is 0 Å². The molecule has 0 radical (unpaired) electrons. The van der Waals surface area contributed by atoms with Crippen LogP contribution in [-0.4, -0.2) is 31.0 Å². The first kappa shape index (κ1) is 15.5. The fraction of sp³-hybridized carbons (Fsp3) is 0.625. The number of ether oxygens (including phenoxy) is 2. The molecule has 3 nitrogen and oxygen atoms in total. The molecule has 2 rings (SSSR count). The number of aliphatic hydroxyl groups excluding tert-OH is 1. The smallest absolute Gasteiger partial charge is 0.0813 e. The van der Waals surface area contributed by atoms with Crippen LogP contribution in [-0.2, 0) is 16.1 Å². The number of hydrogen-bond donors (Lipinski definition) is 1. The van der Waals surface area contributed by atoms with Gasteiger partial charge in [-0.25, -0.2) is 0 Å². The summed E-state index contributed by atoms with van der Waals surface area (Å²) in [5, 5.41) is 10.7. The molecule has 0 spiro atoms. The van der Waals surface area contributed by atoms with E-state index in [4.69, 9.17) is 14.6 Å². The summed E-state index contributed by atoms with van der Waals surface area (Å²) in [6.45, 7) is 0.781. The fourth-order valence-corrected chi connectivity index (χ4v) is 3.15. The number of hydrogen-bond acceptors (Lipinski definition) is 4. The van der Waals surface area contributed by atoms with Gasteiger partial charge in [0.2, 0.25) is 0 Å². The molecule has 4 heteroatoms. The van der Waals surface area contributed by atoms with Gasteiger partial charge >= 0.3 is 0 Å². The molecule has 1 heterocycles. The Kier molecular flexibility index (Phi) is 6.55. The summed E-state index contributed by atoms with van der Waals surface area (Å²) in [4.78, 5) is 1.21. The van der Waals surface area contributed by atoms with Crippen LogP contribution in [0.1, 0.15) is 42.5 Å². The summed E-state index contributed by atoms with van der Waals surface area (Å²) in [5.41, 5.74) is 1.01. The Morgan fingerprint density at radius 1 is 1.40 bits per heavy atom. The highest BCUT2D eigenvalue weighted by Crippen LogP contribution is 2.25. The van der Waals surface area contributed by atoms with Crippen LogP contribution >= 0.6 is 11.3 Å². The molecule has 0 aromatic carbocycles. The van der Waals surface area contributed by atoms with Crippen molar-refractivity contribution in [2.75, 3.05) is 13.7 Å². The van der Waals surface area contributed by atoms with Gasteiger partial charge in [0.25, 0.3) is 0 Å². The summed E-state index contributed by atoms with van der Waals surface area (Å²) in [6.07, 6.45) is 5.68. The lowest BCUT2D eigenvalue weighted by molar-refractivity contribution is -0.0356. The zero-order chi connectivity index (χ0) is 14.2. The predicted octanol–water partition coefficient (Wildman–Crippen LogP) is 2.96. The van der Waals surface area contributed by atoms with E-state index in [0.29, 0.717) is 25.2 Å². The first-order valence-corrected chi connectivity index (χ1v) is 8.01. The van der Waals surface area contributed by atoms with E-state index in [2.05, 4.69) is 17.9 Å². The minimum absolute atomic E-state index is 0.120. The van der Waals surface area contributed by atoms with Crippen LogP contribution in [0.25, 0.3) is 0 Å². The first-order chi connectivity index (χ1) is 9.81. The first-order valence-electron chi connectivity index (χ1n) is 7.13. The summed E-state index contributed by atoms with van der Waals surface area (Å²) in [6, 6.07) is 2.08. The fourth-order valence-electron chi connectivity index (χ4n) is 2.41. The maximum Gasteiger partial charge on any atom is 0.0813 e. The molecule has 0 amide bonds. The lowest BCUT2D eigenvalue weighted by Crippen LogP contribution is -2.27. The van der Waals surface area contributed by atoms with Crippen molar-refractivity contribution >= 4 is 11.3 Å². The maximum atomic E-state index is 8.69. The Morgan fingerprint density at radius 2 is 2.25 bits per heavy atom. The van der Waals surface area contributed by atoms with Gasteiger partial charge in [-0.1, -0.05) is 11.8 Å². The van der Waals surface area contributed by atoms with Crippen molar-refractivity contribution in [1.29, 1.82) is 0 Å². The molecule has 2 atom stereocenters. The quantitative estimate of drug-likeness (QED) is 0.849. The molecule has 1 saturated carbocycles. The van der Waals surface area contributed by atoms with Crippen LogP contribution in [0.5, 0.6) is 0 Å². The number of aliphatic hydroxyl groups is 1. The molecule has 1 aliphatic carbocycles. The van der Waals surface area contributed by atoms with Crippen molar-refractivity contribution in [3.8, 4) is 11.8 Å². The third-order valence-corrected chi connectivity index (χ3v) is 4.41. The van der Waals surface area contributed by atoms with Crippen LogP contribution in [0, 0.1) is 11.8 Å². The Morgan fingerprint density at radius 3 is 3.05 bits per heavy atom. The zero-order valence-corrected chi connectivity index (χ0v) is 12.7. The van der Waals surface area contributed by atoms with Crippen LogP contribution in [0.4, 0.5) is 0 Å². The van der Waals surface area contributed by atoms with Crippen molar-refractivity contribution < 1.29 is 14.6 Å². The Bertz CT molecular complexity index is 458. The highest BCUT2D eigenvalue weighted by molar-refractivity contribution is 7.10. The van der Waals surface area contributed by atoms with E-state index in [1.807, 2.05) is 5.38 Å². The summed E-state index contributed by atoms with van der Waals surface area (Å²) in [5.74, 6) is 5.98. The zero-order valence-electron chi connectivity index (χ0n) is 11.9. The molecular formula is C16H22O3S. The molecule has 0 saturated heterocycles. The van der Waals surface area contributed by atoms with Gasteiger partial charge in [0.05, 0.1) is 25.4 Å². The Balaban J connectivity index is 1.78. The minimum Gasteiger partial charge on any atom is -0.395 e. The monoisotopic (exact) mass is 294 g/mol. The molecule has 1 N–H and O–H groups in total. The lowest BCUT2D eigenvalue weighted by atomic mass is 9.95. The second kappa shape index (κ2) is 8.43. The standard InChI is InChI=1S/C16H22O3S/c1-18-14-6-4-7-15(10-14)19-11-16-9-13(12-20-16)5-2-3-8-17/h9,12,14-15,17H,3-4,6-8,10-11H2,1H3. The molecule has 1 aliphatic rings. The molecule has 1 aromatic heterocycles. The summed E-state index contributed by atoms with van der Waals surface area (Å²) >= 11 is 1.68. The van der Waals surface area contributed by atoms with Crippen molar-refractivity contribution in [3.63, 3.8) is 0 Å². The van der Waals surface area contributed by atoms with Gasteiger partial charge in [0, 0.05) is 29.4 Å². The Hall–Kier alpha value is -0.860. The van der Waals surface area contributed by atoms with Crippen molar-refractivity contribution in [2.45, 2.75) is 50.9 Å². The third-order valence-electron chi connectivity index (χ3n) is 3.50. The minimum atomic E-state index is 0.120. The van der Waals surface area contributed by atoms with E-state index in [9.17, 15) is 0 Å². The molecule has 1 aromatic rings. The van der Waals surface area contributed by atoms with Crippen LogP contribution in [0.15, 0.2) is 11.4 Å².